The molecule has 2 aromatic carbocycles. The van der Waals surface area contributed by atoms with Gasteiger partial charge >= 0.3 is 0 Å². The monoisotopic (exact) mass is 394 g/mol. The highest BCUT2D eigenvalue weighted by Crippen LogP contribution is 2.30. The maximum Gasteiger partial charge on any atom is 0.224 e. The van der Waals surface area contributed by atoms with Crippen LogP contribution in [0.2, 0.25) is 0 Å². The number of aromatic nitrogens is 1. The molecule has 1 amide bonds. The van der Waals surface area contributed by atoms with Crippen molar-refractivity contribution < 1.29 is 18.7 Å². The minimum absolute atomic E-state index is 0.123. The van der Waals surface area contributed by atoms with Crippen molar-refractivity contribution in [2.75, 3.05) is 19.0 Å². The number of amides is 1. The average Bonchev–Trinajstić information content (AvgIpc) is 3.19. The van der Waals surface area contributed by atoms with Gasteiger partial charge in [0.2, 0.25) is 5.91 Å². The number of hydrogen-bond acceptors (Lipinski definition) is 5. The van der Waals surface area contributed by atoms with E-state index in [2.05, 4.69) is 36.3 Å². The maximum absolute atomic E-state index is 12.3. The van der Waals surface area contributed by atoms with Gasteiger partial charge in [-0.3, -0.25) is 4.79 Å². The number of carbonyl (C=O) groups excluding carboxylic acids is 1. The molecule has 1 N–H and O–H groups in total. The van der Waals surface area contributed by atoms with Crippen molar-refractivity contribution >= 4 is 11.6 Å². The first-order chi connectivity index (χ1) is 14.0. The number of oxazole rings is 1. The Bertz CT molecular complexity index is 994. The predicted octanol–water partition coefficient (Wildman–Crippen LogP) is 4.94. The van der Waals surface area contributed by atoms with E-state index in [1.807, 2.05) is 13.0 Å². The van der Waals surface area contributed by atoms with E-state index in [-0.39, 0.29) is 12.3 Å². The van der Waals surface area contributed by atoms with E-state index >= 15 is 0 Å². The fourth-order valence-electron chi connectivity index (χ4n) is 2.92. The van der Waals surface area contributed by atoms with Crippen molar-refractivity contribution in [2.45, 2.75) is 33.6 Å². The summed E-state index contributed by atoms with van der Waals surface area (Å²) in [7, 11) is 1.57. The third kappa shape index (κ3) is 5.16. The van der Waals surface area contributed by atoms with Crippen LogP contribution in [0.1, 0.15) is 30.4 Å². The van der Waals surface area contributed by atoms with Crippen LogP contribution in [0, 0.1) is 13.8 Å². The van der Waals surface area contributed by atoms with Gasteiger partial charge in [-0.05, 0) is 50.1 Å². The van der Waals surface area contributed by atoms with Crippen molar-refractivity contribution in [1.29, 1.82) is 0 Å². The molecule has 152 valence electrons. The van der Waals surface area contributed by atoms with Crippen LogP contribution in [-0.2, 0) is 11.2 Å². The van der Waals surface area contributed by atoms with Crippen molar-refractivity contribution in [1.82, 2.24) is 4.98 Å². The van der Waals surface area contributed by atoms with Crippen molar-refractivity contribution in [3.63, 3.8) is 0 Å². The second kappa shape index (κ2) is 9.28. The third-order valence-electron chi connectivity index (χ3n) is 4.66. The molecule has 1 aromatic heterocycles. The fourth-order valence-corrected chi connectivity index (χ4v) is 2.92. The van der Waals surface area contributed by atoms with Crippen molar-refractivity contribution in [3.05, 3.63) is 59.6 Å². The number of methoxy groups -OCH3 is 1. The molecule has 0 saturated heterocycles. The van der Waals surface area contributed by atoms with E-state index in [4.69, 9.17) is 13.9 Å². The number of carbonyl (C=O) groups is 1. The Morgan fingerprint density at radius 1 is 1.10 bits per heavy atom. The predicted molar refractivity (Wildman–Crippen MR) is 113 cm³/mol. The molecule has 0 aliphatic heterocycles. The summed E-state index contributed by atoms with van der Waals surface area (Å²) in [5.41, 5.74) is 4.07. The third-order valence-corrected chi connectivity index (χ3v) is 4.66. The van der Waals surface area contributed by atoms with E-state index in [1.165, 1.54) is 11.1 Å². The quantitative estimate of drug-likeness (QED) is 0.586. The molecule has 0 saturated carbocycles. The Labute approximate surface area is 170 Å². The fraction of sp³-hybridized carbons (Fsp3) is 0.304. The zero-order chi connectivity index (χ0) is 20.8. The summed E-state index contributed by atoms with van der Waals surface area (Å²) in [6.45, 7) is 6.59. The number of anilines is 1. The van der Waals surface area contributed by atoms with E-state index in [0.29, 0.717) is 41.9 Å². The molecule has 0 aliphatic rings. The number of benzene rings is 2. The van der Waals surface area contributed by atoms with Gasteiger partial charge in [-0.2, -0.15) is 0 Å². The zero-order valence-corrected chi connectivity index (χ0v) is 17.2. The summed E-state index contributed by atoms with van der Waals surface area (Å²) >= 11 is 0. The van der Waals surface area contributed by atoms with Crippen LogP contribution in [0.5, 0.6) is 11.5 Å². The van der Waals surface area contributed by atoms with Crippen LogP contribution < -0.4 is 14.8 Å². The molecule has 0 spiro atoms. The molecule has 0 aliphatic carbocycles. The van der Waals surface area contributed by atoms with Gasteiger partial charge in [-0.1, -0.05) is 12.1 Å². The molecular formula is C23H26N2O4. The van der Waals surface area contributed by atoms with Gasteiger partial charge in [0, 0.05) is 30.2 Å². The Morgan fingerprint density at radius 2 is 1.93 bits per heavy atom. The minimum Gasteiger partial charge on any atom is -0.493 e. The summed E-state index contributed by atoms with van der Waals surface area (Å²) in [5.74, 6) is 2.35. The van der Waals surface area contributed by atoms with Gasteiger partial charge < -0.3 is 19.2 Å². The van der Waals surface area contributed by atoms with E-state index in [1.54, 1.807) is 31.5 Å². The van der Waals surface area contributed by atoms with Gasteiger partial charge in [-0.15, -0.1) is 0 Å². The molecule has 6 nitrogen and oxygen atoms in total. The summed E-state index contributed by atoms with van der Waals surface area (Å²) in [5, 5.41) is 2.86. The van der Waals surface area contributed by atoms with Gasteiger partial charge in [-0.25, -0.2) is 4.98 Å². The van der Waals surface area contributed by atoms with Gasteiger partial charge in [0.25, 0.3) is 0 Å². The lowest BCUT2D eigenvalue weighted by Gasteiger charge is -2.11. The lowest BCUT2D eigenvalue weighted by atomic mass is 10.1. The van der Waals surface area contributed by atoms with Crippen LogP contribution >= 0.6 is 0 Å². The zero-order valence-electron chi connectivity index (χ0n) is 17.2. The highest BCUT2D eigenvalue weighted by atomic mass is 16.5. The van der Waals surface area contributed by atoms with Crippen LogP contribution in [-0.4, -0.2) is 24.6 Å². The summed E-state index contributed by atoms with van der Waals surface area (Å²) < 4.78 is 16.6. The molecule has 0 atom stereocenters. The normalized spacial score (nSPS) is 10.6. The lowest BCUT2D eigenvalue weighted by molar-refractivity contribution is -0.116. The lowest BCUT2D eigenvalue weighted by Crippen LogP contribution is -2.12. The first-order valence-electron chi connectivity index (χ1n) is 9.63. The number of hydrogen-bond donors (Lipinski definition) is 1. The standard InChI is InChI=1S/C23H26N2O4/c1-5-28-19-9-8-18(13-20(19)27-4)25-22(26)10-11-23-24-14-21(29-23)17-7-6-15(2)16(3)12-17/h6-9,12-14H,5,10-11H2,1-4H3,(H,25,26). The second-order valence-electron chi connectivity index (χ2n) is 6.76. The summed E-state index contributed by atoms with van der Waals surface area (Å²) in [6, 6.07) is 11.5. The van der Waals surface area contributed by atoms with E-state index in [9.17, 15) is 4.79 Å². The van der Waals surface area contributed by atoms with Crippen LogP contribution in [0.3, 0.4) is 0 Å². The average molecular weight is 394 g/mol. The molecule has 0 bridgehead atoms. The molecular weight excluding hydrogens is 368 g/mol. The smallest absolute Gasteiger partial charge is 0.224 e. The maximum atomic E-state index is 12.3. The molecule has 3 aromatic rings. The van der Waals surface area contributed by atoms with Gasteiger partial charge in [0.15, 0.2) is 23.1 Å². The topological polar surface area (TPSA) is 73.6 Å². The van der Waals surface area contributed by atoms with Crippen LogP contribution in [0.4, 0.5) is 5.69 Å². The summed E-state index contributed by atoms with van der Waals surface area (Å²) in [6.07, 6.45) is 2.39. The first kappa shape index (κ1) is 20.5. The molecule has 0 unspecified atom stereocenters. The second-order valence-corrected chi connectivity index (χ2v) is 6.76. The minimum atomic E-state index is -0.123. The number of aryl methyl sites for hydroxylation is 3. The first-order valence-corrected chi connectivity index (χ1v) is 9.63. The van der Waals surface area contributed by atoms with Crippen LogP contribution in [0.25, 0.3) is 11.3 Å². The van der Waals surface area contributed by atoms with Gasteiger partial charge in [0.1, 0.15) is 0 Å². The molecule has 1 heterocycles. The highest BCUT2D eigenvalue weighted by molar-refractivity contribution is 5.91. The molecule has 0 fully saturated rings. The Hall–Kier alpha value is -3.28. The van der Waals surface area contributed by atoms with E-state index < -0.39 is 0 Å². The van der Waals surface area contributed by atoms with Crippen molar-refractivity contribution in [2.24, 2.45) is 0 Å². The number of nitrogens with one attached hydrogen (secondary N) is 1. The van der Waals surface area contributed by atoms with Gasteiger partial charge in [0.05, 0.1) is 19.9 Å². The van der Waals surface area contributed by atoms with Crippen LogP contribution in [0.15, 0.2) is 47.0 Å². The SMILES string of the molecule is CCOc1ccc(NC(=O)CCc2ncc(-c3ccc(C)c(C)c3)o2)cc1OC. The Morgan fingerprint density at radius 3 is 2.66 bits per heavy atom. The van der Waals surface area contributed by atoms with E-state index in [0.717, 1.165) is 5.56 Å². The molecule has 29 heavy (non-hydrogen) atoms. The molecule has 0 radical (unpaired) electrons. The Kier molecular flexibility index (Phi) is 6.54. The number of ether oxygens (including phenoxy) is 2. The largest absolute Gasteiger partial charge is 0.493 e. The molecule has 3 rings (SSSR count). The van der Waals surface area contributed by atoms with Crippen molar-refractivity contribution in [3.8, 4) is 22.8 Å². The number of nitrogens with zero attached hydrogens (tertiary/aromatic N) is 1. The number of rotatable bonds is 8. The summed E-state index contributed by atoms with van der Waals surface area (Å²) in [4.78, 5) is 16.6. The highest BCUT2D eigenvalue weighted by Gasteiger charge is 2.11. The molecule has 6 heteroatoms. The Balaban J connectivity index is 1.58.